The van der Waals surface area contributed by atoms with E-state index in [0.717, 1.165) is 39.3 Å². The molecule has 8 aromatic carbocycles. The Labute approximate surface area is 429 Å². The van der Waals surface area contributed by atoms with Crippen molar-refractivity contribution in [1.82, 2.24) is 9.55 Å². The van der Waals surface area contributed by atoms with Crippen molar-refractivity contribution in [3.8, 4) is 62.2 Å². The number of nitrogens with zero attached hydrogens (tertiary/aromatic N) is 4. The zero-order chi connectivity index (χ0) is 52.9. The van der Waals surface area contributed by atoms with Crippen molar-refractivity contribution in [3.63, 3.8) is 0 Å². The first-order chi connectivity index (χ1) is 36.5. The maximum Gasteiger partial charge on any atom is 0.135 e. The third-order valence-electron chi connectivity index (χ3n) is 12.2. The van der Waals surface area contributed by atoms with Crippen LogP contribution < -0.4 is 19.3 Å². The minimum atomic E-state index is -1.96. The van der Waals surface area contributed by atoms with Gasteiger partial charge in [0.25, 0.3) is 0 Å². The summed E-state index contributed by atoms with van der Waals surface area (Å²) >= 11 is 0. The Bertz CT molecular complexity index is 3980. The first kappa shape index (κ1) is 35.7. The molecule has 2 aromatic heterocycles. The predicted octanol–water partition coefficient (Wildman–Crippen LogP) is 16.5. The monoisotopic (exact) mass is 1080 g/mol. The number of hydrogen-bond donors (Lipinski definition) is 0. The molecule has 0 unspecified atom stereocenters. The molecular weight excluding hydrogens is 1030 g/mol. The second kappa shape index (κ2) is 18.3. The average molecular weight is 1090 g/mol. The van der Waals surface area contributed by atoms with Gasteiger partial charge in [-0.05, 0) is 76.8 Å². The van der Waals surface area contributed by atoms with E-state index in [0.29, 0.717) is 33.7 Å². The molecule has 0 atom stereocenters. The van der Waals surface area contributed by atoms with Crippen LogP contribution in [0.5, 0.6) is 23.0 Å². The molecule has 0 spiro atoms. The number of rotatable bonds is 5. The van der Waals surface area contributed by atoms with E-state index in [9.17, 15) is 8.22 Å². The van der Waals surface area contributed by atoms with Crippen LogP contribution in [0.4, 0.5) is 22.7 Å². The van der Waals surface area contributed by atoms with E-state index in [1.54, 1.807) is 35.0 Å². The molecule has 69 heavy (non-hydrogen) atoms. The second-order valence-corrected chi connectivity index (χ2v) is 17.6. The largest absolute Gasteiger partial charge is 0.509 e. The van der Waals surface area contributed by atoms with Crippen LogP contribution in [0.3, 0.4) is 0 Å². The summed E-state index contributed by atoms with van der Waals surface area (Å²) in [6, 6.07) is 54.0. The zero-order valence-corrected chi connectivity index (χ0v) is 40.4. The van der Waals surface area contributed by atoms with Gasteiger partial charge in [-0.2, -0.15) is 12.1 Å². The first-order valence-corrected chi connectivity index (χ1v) is 22.8. The van der Waals surface area contributed by atoms with Crippen molar-refractivity contribution in [2.45, 2.75) is 40.4 Å². The Morgan fingerprint density at radius 2 is 1.32 bits per heavy atom. The molecule has 5 heterocycles. The molecular formula is C62H49N4O2Pt-3. The minimum absolute atomic E-state index is 0. The summed E-state index contributed by atoms with van der Waals surface area (Å²) in [5.74, 6) is 0.433. The van der Waals surface area contributed by atoms with Crippen molar-refractivity contribution in [1.29, 1.82) is 0 Å². The predicted molar refractivity (Wildman–Crippen MR) is 278 cm³/mol. The molecule has 13 rings (SSSR count). The van der Waals surface area contributed by atoms with E-state index in [-0.39, 0.29) is 78.0 Å². The molecule has 6 nitrogen and oxygen atoms in total. The molecule has 0 amide bonds. The van der Waals surface area contributed by atoms with Gasteiger partial charge < -0.3 is 23.8 Å². The van der Waals surface area contributed by atoms with Gasteiger partial charge >= 0.3 is 0 Å². The van der Waals surface area contributed by atoms with E-state index in [4.69, 9.17) is 17.2 Å². The number of benzene rings is 8. The maximum absolute atomic E-state index is 9.69. The van der Waals surface area contributed by atoms with Crippen molar-refractivity contribution >= 4 is 44.6 Å². The number of anilines is 4. The molecule has 3 aliphatic heterocycles. The summed E-state index contributed by atoms with van der Waals surface area (Å²) in [7, 11) is 0. The van der Waals surface area contributed by atoms with Crippen LogP contribution in [0.1, 0.15) is 49.8 Å². The fourth-order valence-corrected chi connectivity index (χ4v) is 9.34. The third-order valence-corrected chi connectivity index (χ3v) is 12.2. The quantitative estimate of drug-likeness (QED) is 0.161. The van der Waals surface area contributed by atoms with Crippen LogP contribution in [0, 0.1) is 30.6 Å². The van der Waals surface area contributed by atoms with Gasteiger partial charge in [0, 0.05) is 89.1 Å². The molecule has 0 saturated heterocycles. The van der Waals surface area contributed by atoms with Crippen LogP contribution in [0.15, 0.2) is 182 Å². The number of para-hydroxylation sites is 5. The smallest absolute Gasteiger partial charge is 0.135 e. The van der Waals surface area contributed by atoms with Gasteiger partial charge in [-0.3, -0.25) is 0 Å². The molecule has 7 heteroatoms. The molecule has 3 aliphatic rings. The van der Waals surface area contributed by atoms with Gasteiger partial charge in [-0.25, -0.2) is 4.98 Å². The molecule has 10 bridgehead atoms. The van der Waals surface area contributed by atoms with Crippen LogP contribution >= 0.6 is 0 Å². The Balaban J connectivity index is 0.00000631. The van der Waals surface area contributed by atoms with Crippen molar-refractivity contribution in [3.05, 3.63) is 212 Å². The van der Waals surface area contributed by atoms with Gasteiger partial charge in [-0.15, -0.1) is 47.6 Å². The van der Waals surface area contributed by atoms with Crippen LogP contribution in [-0.4, -0.2) is 9.55 Å². The van der Waals surface area contributed by atoms with Gasteiger partial charge in [0.15, 0.2) is 0 Å². The average Bonchev–Trinajstić information content (AvgIpc) is 4.05. The summed E-state index contributed by atoms with van der Waals surface area (Å²) in [4.78, 5) is 9.20. The van der Waals surface area contributed by atoms with Gasteiger partial charge in [-0.1, -0.05) is 155 Å². The Kier molecular flexibility index (Phi) is 9.44. The van der Waals surface area contributed by atoms with E-state index in [1.807, 2.05) is 124 Å². The topological polar surface area (TPSA) is 42.8 Å². The van der Waals surface area contributed by atoms with Crippen molar-refractivity contribution in [2.75, 3.05) is 9.80 Å². The van der Waals surface area contributed by atoms with E-state index in [2.05, 4.69) is 59.5 Å². The minimum Gasteiger partial charge on any atom is -0.509 e. The second-order valence-electron chi connectivity index (χ2n) is 17.6. The van der Waals surface area contributed by atoms with E-state index >= 15 is 0 Å². The normalized spacial score (nSPS) is 14.8. The Morgan fingerprint density at radius 1 is 0.623 bits per heavy atom. The van der Waals surface area contributed by atoms with Crippen LogP contribution in [-0.2, 0) is 33.8 Å². The van der Waals surface area contributed by atoms with Crippen LogP contribution in [0.25, 0.3) is 61.0 Å². The van der Waals surface area contributed by atoms with Gasteiger partial charge in [0.2, 0.25) is 0 Å². The van der Waals surface area contributed by atoms with Gasteiger partial charge in [0.05, 0.1) is 5.48 Å². The standard InChI is InChI=1S/C62H49N4O2.Pt/c1-40(2)32-44-28-29-46-36-60(44)68-48-30-31-52-51-20-8-10-24-55(51)66(58(52)37-48)61-35-45(33-41(3)4)54(38-63-61)53-21-9-13-27-59(53)67-47-19-14-18-43(34-47)50-23-15-22-49(42-16-6-5-7-17-42)62(50)65-39-64(46)56-25-11-12-26-57(56)65;/h5-31,34-35,38-41H,32-33H2,1-4H3;/q-3;/i8D,10D,20D,24D,32D2,33D2;. The zero-order valence-electron chi connectivity index (χ0n) is 46.2. The summed E-state index contributed by atoms with van der Waals surface area (Å²) < 4.78 is 89.6. The van der Waals surface area contributed by atoms with Gasteiger partial charge in [0.1, 0.15) is 17.3 Å². The number of hydrogen-bond acceptors (Lipinski definition) is 5. The fourth-order valence-electron chi connectivity index (χ4n) is 9.34. The summed E-state index contributed by atoms with van der Waals surface area (Å²) in [6.45, 7) is 9.26. The van der Waals surface area contributed by atoms with E-state index in [1.165, 1.54) is 0 Å². The molecule has 342 valence electrons. The number of pyridine rings is 1. The SMILES string of the molecule is [2H]c1c([2H])c([2H])c2c(c1[2H])c1ccc3[c-]c1n2-c1cc(C([2H])([2H])C(C)C)c(cn1)-c1ccccc1Oc1cccc(c1)-c1cccc(-c2ccccc2)c1N1[CH-]N(c2[c-]c(c(C([2H])([2H])C(C)C)cc2)O3)c2ccccc21.[Pt]. The Morgan fingerprint density at radius 3 is 2.14 bits per heavy atom. The Hall–Kier alpha value is -7.40. The summed E-state index contributed by atoms with van der Waals surface area (Å²) in [6.07, 6.45) is -2.26. The number of fused-ring (bicyclic) bond motifs is 5. The molecule has 0 N–H and O–H groups in total. The van der Waals surface area contributed by atoms with Crippen molar-refractivity contribution < 1.29 is 41.5 Å². The third kappa shape index (κ3) is 8.07. The summed E-state index contributed by atoms with van der Waals surface area (Å²) in [5, 5.41) is 0.648. The van der Waals surface area contributed by atoms with E-state index < -0.39 is 36.7 Å². The summed E-state index contributed by atoms with van der Waals surface area (Å²) in [5.41, 5.74) is 8.96. The molecule has 0 saturated carbocycles. The molecule has 0 fully saturated rings. The fraction of sp³-hybridized carbons (Fsp3) is 0.129. The number of ether oxygens (including phenoxy) is 2. The maximum atomic E-state index is 9.69. The number of aromatic nitrogens is 2. The van der Waals surface area contributed by atoms with Crippen LogP contribution in [0.2, 0.25) is 0 Å². The molecule has 0 radical (unpaired) electrons. The van der Waals surface area contributed by atoms with Crippen molar-refractivity contribution in [2.24, 2.45) is 11.8 Å². The first-order valence-electron chi connectivity index (χ1n) is 26.8. The molecule has 10 aromatic rings. The molecule has 0 aliphatic carbocycles.